The lowest BCUT2D eigenvalue weighted by Crippen LogP contribution is -2.36. The largest absolute Gasteiger partial charge is 0.378 e. The van der Waals surface area contributed by atoms with Gasteiger partial charge in [-0.2, -0.15) is 5.10 Å². The lowest BCUT2D eigenvalue weighted by atomic mass is 10.2. The molecule has 0 spiro atoms. The number of rotatable bonds is 5. The maximum atomic E-state index is 12.5. The molecule has 1 aliphatic heterocycles. The lowest BCUT2D eigenvalue weighted by Gasteiger charge is -2.28. The van der Waals surface area contributed by atoms with E-state index in [1.165, 1.54) is 0 Å². The average molecular weight is 377 g/mol. The zero-order valence-corrected chi connectivity index (χ0v) is 15.8. The molecule has 1 fully saturated rings. The number of anilines is 1. The van der Waals surface area contributed by atoms with Gasteiger partial charge in [-0.25, -0.2) is 9.67 Å². The van der Waals surface area contributed by atoms with Gasteiger partial charge in [0.25, 0.3) is 5.91 Å². The SMILES string of the molecule is Cc1cnn(-c2ccc(C(=O)NCc3ccnc(N4CCOCC4)c3)cc2)c1. The third-order valence-electron chi connectivity index (χ3n) is 4.70. The Balaban J connectivity index is 1.37. The molecule has 1 saturated heterocycles. The molecule has 1 N–H and O–H groups in total. The molecule has 1 amide bonds. The number of nitrogens with one attached hydrogen (secondary N) is 1. The molecule has 0 radical (unpaired) electrons. The Kier molecular flexibility index (Phi) is 5.34. The number of aryl methyl sites for hydroxylation is 1. The summed E-state index contributed by atoms with van der Waals surface area (Å²) in [4.78, 5) is 19.1. The number of morpholine rings is 1. The summed E-state index contributed by atoms with van der Waals surface area (Å²) in [5, 5.41) is 7.26. The van der Waals surface area contributed by atoms with E-state index in [4.69, 9.17) is 4.74 Å². The molecule has 0 aliphatic carbocycles. The van der Waals surface area contributed by atoms with Crippen molar-refractivity contribution in [1.29, 1.82) is 0 Å². The molecule has 0 saturated carbocycles. The van der Waals surface area contributed by atoms with Crippen LogP contribution in [0.3, 0.4) is 0 Å². The summed E-state index contributed by atoms with van der Waals surface area (Å²) in [6, 6.07) is 11.4. The predicted molar refractivity (Wildman–Crippen MR) is 107 cm³/mol. The highest BCUT2D eigenvalue weighted by molar-refractivity contribution is 5.94. The number of amides is 1. The second-order valence-electron chi connectivity index (χ2n) is 6.81. The number of hydrogen-bond acceptors (Lipinski definition) is 5. The molecule has 0 unspecified atom stereocenters. The Labute approximate surface area is 164 Å². The molecule has 3 heterocycles. The van der Waals surface area contributed by atoms with Gasteiger partial charge in [-0.15, -0.1) is 0 Å². The summed E-state index contributed by atoms with van der Waals surface area (Å²) in [6.07, 6.45) is 5.54. The topological polar surface area (TPSA) is 72.3 Å². The predicted octanol–water partition coefficient (Wildman–Crippen LogP) is 2.34. The van der Waals surface area contributed by atoms with E-state index in [1.54, 1.807) is 17.1 Å². The molecule has 28 heavy (non-hydrogen) atoms. The minimum Gasteiger partial charge on any atom is -0.378 e. The summed E-state index contributed by atoms with van der Waals surface area (Å²) in [5.41, 5.74) is 3.66. The zero-order chi connectivity index (χ0) is 19.3. The molecular formula is C21H23N5O2. The molecular weight excluding hydrogens is 354 g/mol. The molecule has 3 aromatic rings. The van der Waals surface area contributed by atoms with Crippen LogP contribution in [0.2, 0.25) is 0 Å². The molecule has 7 nitrogen and oxygen atoms in total. The van der Waals surface area contributed by atoms with Gasteiger partial charge in [-0.1, -0.05) is 0 Å². The number of nitrogens with zero attached hydrogens (tertiary/aromatic N) is 4. The first-order valence-corrected chi connectivity index (χ1v) is 9.36. The summed E-state index contributed by atoms with van der Waals surface area (Å²) in [7, 11) is 0. The average Bonchev–Trinajstić information content (AvgIpc) is 3.19. The van der Waals surface area contributed by atoms with Crippen molar-refractivity contribution in [2.45, 2.75) is 13.5 Å². The van der Waals surface area contributed by atoms with Crippen molar-refractivity contribution in [3.63, 3.8) is 0 Å². The second kappa shape index (κ2) is 8.22. The minimum absolute atomic E-state index is 0.104. The van der Waals surface area contributed by atoms with E-state index < -0.39 is 0 Å². The molecule has 144 valence electrons. The summed E-state index contributed by atoms with van der Waals surface area (Å²) < 4.78 is 7.18. The molecule has 1 aliphatic rings. The molecule has 4 rings (SSSR count). The summed E-state index contributed by atoms with van der Waals surface area (Å²) in [6.45, 7) is 5.57. The highest BCUT2D eigenvalue weighted by Crippen LogP contribution is 2.15. The van der Waals surface area contributed by atoms with Gasteiger partial charge in [0.15, 0.2) is 0 Å². The lowest BCUT2D eigenvalue weighted by molar-refractivity contribution is 0.0951. The first-order chi connectivity index (χ1) is 13.7. The Morgan fingerprint density at radius 2 is 1.96 bits per heavy atom. The number of benzene rings is 1. The first-order valence-electron chi connectivity index (χ1n) is 9.36. The molecule has 0 atom stereocenters. The van der Waals surface area contributed by atoms with E-state index in [2.05, 4.69) is 20.3 Å². The van der Waals surface area contributed by atoms with Crippen LogP contribution in [0.4, 0.5) is 5.82 Å². The van der Waals surface area contributed by atoms with E-state index in [1.807, 2.05) is 49.5 Å². The summed E-state index contributed by atoms with van der Waals surface area (Å²) in [5.74, 6) is 0.821. The van der Waals surface area contributed by atoms with Gasteiger partial charge in [-0.05, 0) is 54.4 Å². The monoisotopic (exact) mass is 377 g/mol. The van der Waals surface area contributed by atoms with Crippen LogP contribution in [0.25, 0.3) is 5.69 Å². The van der Waals surface area contributed by atoms with Gasteiger partial charge >= 0.3 is 0 Å². The van der Waals surface area contributed by atoms with Crippen molar-refractivity contribution in [3.8, 4) is 5.69 Å². The maximum absolute atomic E-state index is 12.5. The highest BCUT2D eigenvalue weighted by atomic mass is 16.5. The number of hydrogen-bond donors (Lipinski definition) is 1. The fourth-order valence-corrected chi connectivity index (χ4v) is 3.14. The Bertz CT molecular complexity index is 945. The fraction of sp³-hybridized carbons (Fsp3) is 0.286. The molecule has 7 heteroatoms. The van der Waals surface area contributed by atoms with Crippen LogP contribution < -0.4 is 10.2 Å². The van der Waals surface area contributed by atoms with E-state index in [0.717, 1.165) is 48.9 Å². The van der Waals surface area contributed by atoms with Gasteiger partial charge in [0, 0.05) is 37.6 Å². The normalized spacial score (nSPS) is 14.1. The van der Waals surface area contributed by atoms with Crippen molar-refractivity contribution < 1.29 is 9.53 Å². The van der Waals surface area contributed by atoms with Crippen molar-refractivity contribution >= 4 is 11.7 Å². The van der Waals surface area contributed by atoms with Crippen molar-refractivity contribution in [2.24, 2.45) is 0 Å². The third kappa shape index (κ3) is 4.20. The maximum Gasteiger partial charge on any atom is 0.251 e. The highest BCUT2D eigenvalue weighted by Gasteiger charge is 2.13. The molecule has 0 bridgehead atoms. The number of pyridine rings is 1. The fourth-order valence-electron chi connectivity index (χ4n) is 3.14. The van der Waals surface area contributed by atoms with Crippen molar-refractivity contribution in [1.82, 2.24) is 20.1 Å². The standard InChI is InChI=1S/C21H23N5O2/c1-16-13-24-26(15-16)19-4-2-18(3-5-19)21(27)23-14-17-6-7-22-20(12-17)25-8-10-28-11-9-25/h2-7,12-13,15H,8-11,14H2,1H3,(H,23,27). The van der Waals surface area contributed by atoms with E-state index in [0.29, 0.717) is 12.1 Å². The van der Waals surface area contributed by atoms with Gasteiger partial charge in [-0.3, -0.25) is 4.79 Å². The smallest absolute Gasteiger partial charge is 0.251 e. The molecule has 1 aromatic carbocycles. The van der Waals surface area contributed by atoms with Crippen LogP contribution in [-0.2, 0) is 11.3 Å². The number of ether oxygens (including phenoxy) is 1. The van der Waals surface area contributed by atoms with Crippen LogP contribution in [0.5, 0.6) is 0 Å². The van der Waals surface area contributed by atoms with Gasteiger partial charge in [0.2, 0.25) is 0 Å². The zero-order valence-electron chi connectivity index (χ0n) is 15.8. The Morgan fingerprint density at radius 1 is 1.18 bits per heavy atom. The van der Waals surface area contributed by atoms with Crippen LogP contribution in [0, 0.1) is 6.92 Å². The van der Waals surface area contributed by atoms with Crippen molar-refractivity contribution in [3.05, 3.63) is 71.7 Å². The quantitative estimate of drug-likeness (QED) is 0.739. The van der Waals surface area contributed by atoms with E-state index in [-0.39, 0.29) is 5.91 Å². The van der Waals surface area contributed by atoms with Gasteiger partial charge < -0.3 is 15.0 Å². The third-order valence-corrected chi connectivity index (χ3v) is 4.70. The van der Waals surface area contributed by atoms with Crippen molar-refractivity contribution in [2.75, 3.05) is 31.2 Å². The second-order valence-corrected chi connectivity index (χ2v) is 6.81. The van der Waals surface area contributed by atoms with E-state index >= 15 is 0 Å². The van der Waals surface area contributed by atoms with Crippen LogP contribution in [-0.4, -0.2) is 47.0 Å². The molecule has 2 aromatic heterocycles. The number of carbonyl (C=O) groups excluding carboxylic acids is 1. The first kappa shape index (κ1) is 18.2. The van der Waals surface area contributed by atoms with Crippen LogP contribution >= 0.6 is 0 Å². The van der Waals surface area contributed by atoms with Crippen LogP contribution in [0.15, 0.2) is 55.0 Å². The van der Waals surface area contributed by atoms with Gasteiger partial charge in [0.1, 0.15) is 5.82 Å². The van der Waals surface area contributed by atoms with Gasteiger partial charge in [0.05, 0.1) is 25.1 Å². The Hall–Kier alpha value is -3.19. The van der Waals surface area contributed by atoms with Crippen LogP contribution in [0.1, 0.15) is 21.5 Å². The number of carbonyl (C=O) groups is 1. The summed E-state index contributed by atoms with van der Waals surface area (Å²) >= 11 is 0. The minimum atomic E-state index is -0.104. The van der Waals surface area contributed by atoms with E-state index in [9.17, 15) is 4.79 Å². The number of aromatic nitrogens is 3. The Morgan fingerprint density at radius 3 is 2.68 bits per heavy atom.